The van der Waals surface area contributed by atoms with Gasteiger partial charge in [0.1, 0.15) is 0 Å². The number of benzene rings is 1. The van der Waals surface area contributed by atoms with Crippen molar-refractivity contribution in [3.8, 4) is 0 Å². The lowest BCUT2D eigenvalue weighted by Crippen LogP contribution is -1.95. The average Bonchev–Trinajstić information content (AvgIpc) is 2.79. The number of aromatic carboxylic acids is 1. The molecule has 0 atom stereocenters. The number of carboxylic acids is 1. The second kappa shape index (κ2) is 6.23. The normalized spacial score (nSPS) is 10.5. The summed E-state index contributed by atoms with van der Waals surface area (Å²) in [4.78, 5) is 14.9. The van der Waals surface area contributed by atoms with E-state index in [1.54, 1.807) is 6.92 Å². The molecule has 0 saturated heterocycles. The number of carboxylic acid groups (broad SMARTS) is 1. The number of carbonyl (C=O) groups is 1. The Morgan fingerprint density at radius 3 is 2.60 bits per heavy atom. The number of hydrogen-bond donors (Lipinski definition) is 2. The molecule has 2 N–H and O–H groups in total. The van der Waals surface area contributed by atoms with E-state index in [0.717, 1.165) is 12.1 Å². The number of rotatable bonds is 6. The van der Waals surface area contributed by atoms with Gasteiger partial charge in [-0.05, 0) is 37.5 Å². The van der Waals surface area contributed by atoms with Crippen molar-refractivity contribution in [2.75, 3.05) is 5.32 Å². The van der Waals surface area contributed by atoms with Gasteiger partial charge in [-0.1, -0.05) is 25.5 Å². The first-order chi connectivity index (χ1) is 9.60. The van der Waals surface area contributed by atoms with Crippen LogP contribution in [0.15, 0.2) is 28.7 Å². The van der Waals surface area contributed by atoms with Crippen molar-refractivity contribution in [2.24, 2.45) is 0 Å². The summed E-state index contributed by atoms with van der Waals surface area (Å²) in [7, 11) is 0. The van der Waals surface area contributed by atoms with E-state index in [1.807, 2.05) is 24.3 Å². The minimum absolute atomic E-state index is 0.132. The molecule has 2 aromatic rings. The molecule has 0 amide bonds. The molecule has 0 aliphatic heterocycles. The van der Waals surface area contributed by atoms with Gasteiger partial charge in [-0.15, -0.1) is 0 Å². The minimum Gasteiger partial charge on any atom is -0.475 e. The number of anilines is 2. The number of aryl methyl sites for hydroxylation is 2. The van der Waals surface area contributed by atoms with E-state index in [1.165, 1.54) is 18.4 Å². The van der Waals surface area contributed by atoms with Gasteiger partial charge in [0.15, 0.2) is 0 Å². The zero-order valence-electron chi connectivity index (χ0n) is 11.6. The fraction of sp³-hybridized carbons (Fsp3) is 0.333. The molecule has 1 aromatic carbocycles. The monoisotopic (exact) mass is 274 g/mol. The van der Waals surface area contributed by atoms with Gasteiger partial charge >= 0.3 is 5.97 Å². The summed E-state index contributed by atoms with van der Waals surface area (Å²) in [6.07, 6.45) is 3.42. The van der Waals surface area contributed by atoms with Crippen LogP contribution >= 0.6 is 0 Å². The number of oxazole rings is 1. The van der Waals surface area contributed by atoms with Crippen molar-refractivity contribution in [3.63, 3.8) is 0 Å². The molecule has 0 unspecified atom stereocenters. The summed E-state index contributed by atoms with van der Waals surface area (Å²) in [5, 5.41) is 11.9. The van der Waals surface area contributed by atoms with E-state index >= 15 is 0 Å². The summed E-state index contributed by atoms with van der Waals surface area (Å²) in [6.45, 7) is 3.77. The molecule has 0 spiro atoms. The maximum atomic E-state index is 10.9. The third-order valence-corrected chi connectivity index (χ3v) is 3.02. The Morgan fingerprint density at radius 2 is 2.05 bits per heavy atom. The van der Waals surface area contributed by atoms with Crippen molar-refractivity contribution in [3.05, 3.63) is 41.3 Å². The highest BCUT2D eigenvalue weighted by Crippen LogP contribution is 2.20. The van der Waals surface area contributed by atoms with Crippen LogP contribution in [0.4, 0.5) is 11.7 Å². The molecule has 106 valence electrons. The molecule has 0 radical (unpaired) electrons. The smallest absolute Gasteiger partial charge is 0.373 e. The van der Waals surface area contributed by atoms with E-state index in [0.29, 0.717) is 5.69 Å². The van der Waals surface area contributed by atoms with Crippen molar-refractivity contribution >= 4 is 17.7 Å². The van der Waals surface area contributed by atoms with E-state index in [4.69, 9.17) is 9.52 Å². The van der Waals surface area contributed by atoms with Crippen molar-refractivity contribution in [1.82, 2.24) is 4.98 Å². The van der Waals surface area contributed by atoms with Gasteiger partial charge in [0, 0.05) is 5.69 Å². The lowest BCUT2D eigenvalue weighted by atomic mass is 10.1. The standard InChI is InChI=1S/C15H18N2O3/c1-3-4-5-11-6-8-12(9-7-11)17-15-16-10(2)13(20-15)14(18)19/h6-9H,3-5H2,1-2H3,(H,16,17)(H,18,19). The molecule has 0 aliphatic carbocycles. The molecule has 0 aliphatic rings. The Bertz CT molecular complexity index is 588. The second-order valence-corrected chi connectivity index (χ2v) is 4.66. The molecule has 2 rings (SSSR count). The Labute approximate surface area is 117 Å². The van der Waals surface area contributed by atoms with Gasteiger partial charge in [0.25, 0.3) is 6.01 Å². The summed E-state index contributed by atoms with van der Waals surface area (Å²) < 4.78 is 5.15. The van der Waals surface area contributed by atoms with Gasteiger partial charge in [-0.2, -0.15) is 4.98 Å². The van der Waals surface area contributed by atoms with Crippen LogP contribution < -0.4 is 5.32 Å². The van der Waals surface area contributed by atoms with Crippen LogP contribution in [0.2, 0.25) is 0 Å². The predicted octanol–water partition coefficient (Wildman–Crippen LogP) is 3.77. The zero-order valence-corrected chi connectivity index (χ0v) is 11.6. The highest BCUT2D eigenvalue weighted by molar-refractivity contribution is 5.85. The van der Waals surface area contributed by atoms with Crippen LogP contribution in [-0.4, -0.2) is 16.1 Å². The van der Waals surface area contributed by atoms with E-state index in [-0.39, 0.29) is 11.8 Å². The molecule has 5 heteroatoms. The van der Waals surface area contributed by atoms with Gasteiger partial charge in [-0.25, -0.2) is 4.79 Å². The Balaban J connectivity index is 2.06. The summed E-state index contributed by atoms with van der Waals surface area (Å²) in [5.74, 6) is -1.25. The Kier molecular flexibility index (Phi) is 4.40. The van der Waals surface area contributed by atoms with Gasteiger partial charge in [0.05, 0.1) is 5.69 Å². The summed E-state index contributed by atoms with van der Waals surface area (Å²) >= 11 is 0. The van der Waals surface area contributed by atoms with Crippen LogP contribution in [0.1, 0.15) is 41.6 Å². The second-order valence-electron chi connectivity index (χ2n) is 4.66. The molecule has 1 heterocycles. The first-order valence-corrected chi connectivity index (χ1v) is 6.67. The third kappa shape index (κ3) is 3.38. The third-order valence-electron chi connectivity index (χ3n) is 3.02. The first kappa shape index (κ1) is 14.1. The number of aromatic nitrogens is 1. The molecular formula is C15H18N2O3. The largest absolute Gasteiger partial charge is 0.475 e. The van der Waals surface area contributed by atoms with Gasteiger partial charge in [0.2, 0.25) is 5.76 Å². The van der Waals surface area contributed by atoms with Crippen molar-refractivity contribution < 1.29 is 14.3 Å². The molecule has 20 heavy (non-hydrogen) atoms. The fourth-order valence-electron chi connectivity index (χ4n) is 1.91. The summed E-state index contributed by atoms with van der Waals surface area (Å²) in [6, 6.07) is 8.16. The molecule has 1 aromatic heterocycles. The lowest BCUT2D eigenvalue weighted by molar-refractivity contribution is 0.0662. The van der Waals surface area contributed by atoms with Crippen LogP contribution in [0.25, 0.3) is 0 Å². The Hall–Kier alpha value is -2.30. The summed E-state index contributed by atoms with van der Waals surface area (Å²) in [5.41, 5.74) is 2.47. The number of nitrogens with zero attached hydrogens (tertiary/aromatic N) is 1. The predicted molar refractivity (Wildman–Crippen MR) is 76.5 cm³/mol. The van der Waals surface area contributed by atoms with Crippen molar-refractivity contribution in [1.29, 1.82) is 0 Å². The molecule has 5 nitrogen and oxygen atoms in total. The van der Waals surface area contributed by atoms with Crippen molar-refractivity contribution in [2.45, 2.75) is 33.1 Å². The highest BCUT2D eigenvalue weighted by Gasteiger charge is 2.15. The van der Waals surface area contributed by atoms with Crippen LogP contribution in [0.3, 0.4) is 0 Å². The average molecular weight is 274 g/mol. The molecular weight excluding hydrogens is 256 g/mol. The van der Waals surface area contributed by atoms with E-state index in [2.05, 4.69) is 17.2 Å². The number of unbranched alkanes of at least 4 members (excludes halogenated alkanes) is 1. The van der Waals surface area contributed by atoms with Gasteiger partial charge < -0.3 is 14.8 Å². The number of nitrogens with one attached hydrogen (secondary N) is 1. The SMILES string of the molecule is CCCCc1ccc(Nc2nc(C)c(C(=O)O)o2)cc1. The zero-order chi connectivity index (χ0) is 14.5. The maximum absolute atomic E-state index is 10.9. The Morgan fingerprint density at radius 1 is 1.35 bits per heavy atom. The fourth-order valence-corrected chi connectivity index (χ4v) is 1.91. The van der Waals surface area contributed by atoms with Crippen LogP contribution in [0.5, 0.6) is 0 Å². The number of hydrogen-bond acceptors (Lipinski definition) is 4. The lowest BCUT2D eigenvalue weighted by Gasteiger charge is -2.03. The van der Waals surface area contributed by atoms with Crippen LogP contribution in [0, 0.1) is 6.92 Å². The van der Waals surface area contributed by atoms with E-state index < -0.39 is 5.97 Å². The molecule has 0 bridgehead atoms. The topological polar surface area (TPSA) is 75.4 Å². The molecule has 0 fully saturated rings. The quantitative estimate of drug-likeness (QED) is 0.838. The van der Waals surface area contributed by atoms with E-state index in [9.17, 15) is 4.79 Å². The molecule has 0 saturated carbocycles. The first-order valence-electron chi connectivity index (χ1n) is 6.67. The maximum Gasteiger partial charge on any atom is 0.373 e. The minimum atomic E-state index is -1.11. The highest BCUT2D eigenvalue weighted by atomic mass is 16.4. The van der Waals surface area contributed by atoms with Crippen LogP contribution in [-0.2, 0) is 6.42 Å². The van der Waals surface area contributed by atoms with Gasteiger partial charge in [-0.3, -0.25) is 0 Å².